The van der Waals surface area contributed by atoms with Crippen LogP contribution in [0.3, 0.4) is 0 Å². The molecule has 80 valence electrons. The Hall–Kier alpha value is -1.22. The molecule has 0 aliphatic heterocycles. The number of nitrogens with two attached hydrogens (primary N) is 1. The molecule has 1 unspecified atom stereocenters. The average Bonchev–Trinajstić information content (AvgIpc) is 2.66. The first-order valence-electron chi connectivity index (χ1n) is 4.90. The number of nitrogens with one attached hydrogen (secondary N) is 1. The number of H-pyrrole nitrogens is 1. The Bertz CT molecular complexity index is 466. The third-order valence-corrected chi connectivity index (χ3v) is 4.20. The van der Waals surface area contributed by atoms with Crippen LogP contribution in [0.15, 0.2) is 6.33 Å². The van der Waals surface area contributed by atoms with Gasteiger partial charge in [-0.1, -0.05) is 13.3 Å². The zero-order chi connectivity index (χ0) is 10.8. The van der Waals surface area contributed by atoms with Gasteiger partial charge in [-0.05, 0) is 20.7 Å². The van der Waals surface area contributed by atoms with Gasteiger partial charge in [0.2, 0.25) is 0 Å². The molecule has 2 rings (SSSR count). The first kappa shape index (κ1) is 10.3. The fraction of sp³-hybridized carbons (Fsp3) is 0.444. The molecule has 0 fully saturated rings. The van der Waals surface area contributed by atoms with E-state index in [0.29, 0.717) is 11.5 Å². The molecule has 15 heavy (non-hydrogen) atoms. The Morgan fingerprint density at radius 2 is 2.27 bits per heavy atom. The second-order valence-electron chi connectivity index (χ2n) is 3.43. The van der Waals surface area contributed by atoms with Crippen LogP contribution in [-0.2, 0) is 0 Å². The van der Waals surface area contributed by atoms with Gasteiger partial charge in [0.25, 0.3) is 0 Å². The zero-order valence-corrected chi connectivity index (χ0v) is 9.75. The highest BCUT2D eigenvalue weighted by molar-refractivity contribution is 7.64. The van der Waals surface area contributed by atoms with Crippen molar-refractivity contribution in [2.45, 2.75) is 13.3 Å². The highest BCUT2D eigenvalue weighted by Crippen LogP contribution is 2.29. The van der Waals surface area contributed by atoms with Crippen molar-refractivity contribution in [1.29, 1.82) is 0 Å². The average molecular weight is 223 g/mol. The van der Waals surface area contributed by atoms with Crippen molar-refractivity contribution in [3.8, 4) is 0 Å². The third kappa shape index (κ3) is 1.92. The molecule has 1 atom stereocenters. The summed E-state index contributed by atoms with van der Waals surface area (Å²) in [6, 6.07) is 0. The monoisotopic (exact) mass is 223 g/mol. The minimum absolute atomic E-state index is 0.302. The number of anilines is 1. The smallest absolute Gasteiger partial charge is 0.183 e. The largest absolute Gasteiger partial charge is 0.382 e. The molecule has 0 radical (unpaired) electrons. The Labute approximate surface area is 89.3 Å². The molecule has 0 amide bonds. The van der Waals surface area contributed by atoms with Crippen molar-refractivity contribution in [3.05, 3.63) is 6.33 Å². The molecule has 0 aliphatic carbocycles. The van der Waals surface area contributed by atoms with Crippen molar-refractivity contribution in [2.75, 3.05) is 18.6 Å². The summed E-state index contributed by atoms with van der Waals surface area (Å²) in [4.78, 5) is 15.8. The third-order valence-electron chi connectivity index (χ3n) is 2.20. The van der Waals surface area contributed by atoms with E-state index in [1.165, 1.54) is 0 Å². The van der Waals surface area contributed by atoms with Gasteiger partial charge in [-0.15, -0.1) is 0 Å². The minimum atomic E-state index is -0.302. The maximum Gasteiger partial charge on any atom is 0.183 e. The van der Waals surface area contributed by atoms with Gasteiger partial charge in [-0.25, -0.2) is 15.0 Å². The van der Waals surface area contributed by atoms with Crippen molar-refractivity contribution in [1.82, 2.24) is 19.9 Å². The fourth-order valence-corrected chi connectivity index (χ4v) is 2.86. The van der Waals surface area contributed by atoms with Crippen molar-refractivity contribution < 1.29 is 0 Å². The van der Waals surface area contributed by atoms with Gasteiger partial charge in [0.05, 0.1) is 6.33 Å². The zero-order valence-electron chi connectivity index (χ0n) is 8.86. The molecule has 3 N–H and O–H groups in total. The normalized spacial score (nSPS) is 13.2. The Morgan fingerprint density at radius 1 is 1.47 bits per heavy atom. The number of aromatic amines is 1. The quantitative estimate of drug-likeness (QED) is 0.763. The molecule has 0 bridgehead atoms. The van der Waals surface area contributed by atoms with E-state index in [4.69, 9.17) is 5.73 Å². The molecule has 0 spiro atoms. The van der Waals surface area contributed by atoms with Crippen LogP contribution >= 0.6 is 7.92 Å². The standard InChI is InChI=1S/C9H14N5P/c1-3-4-15(2)9-13-7(10)6-8(14-9)12-5-11-6/h5H,3-4H2,1-2H3,(H3,10,11,12,13,14). The van der Waals surface area contributed by atoms with Crippen LogP contribution in [0.4, 0.5) is 5.82 Å². The Kier molecular flexibility index (Phi) is 2.82. The van der Waals surface area contributed by atoms with E-state index in [9.17, 15) is 0 Å². The van der Waals surface area contributed by atoms with E-state index < -0.39 is 0 Å². The first-order valence-corrected chi connectivity index (χ1v) is 6.87. The van der Waals surface area contributed by atoms with Gasteiger partial charge in [0, 0.05) is 0 Å². The second kappa shape index (κ2) is 4.11. The van der Waals surface area contributed by atoms with E-state index in [2.05, 4.69) is 33.5 Å². The number of hydrogen-bond donors (Lipinski definition) is 2. The maximum atomic E-state index is 5.82. The lowest BCUT2D eigenvalue weighted by Crippen LogP contribution is -2.15. The van der Waals surface area contributed by atoms with Crippen molar-refractivity contribution >= 4 is 30.5 Å². The molecule has 5 nitrogen and oxygen atoms in total. The number of rotatable bonds is 3. The van der Waals surface area contributed by atoms with Crippen molar-refractivity contribution in [3.63, 3.8) is 0 Å². The molecule has 6 heteroatoms. The van der Waals surface area contributed by atoms with Crippen LogP contribution in [0.25, 0.3) is 11.2 Å². The molecular formula is C9H14N5P. The van der Waals surface area contributed by atoms with Gasteiger partial charge < -0.3 is 10.7 Å². The number of fused-ring (bicyclic) bond motifs is 1. The Morgan fingerprint density at radius 3 is 3.00 bits per heavy atom. The number of aromatic nitrogens is 4. The molecule has 0 saturated heterocycles. The Balaban J connectivity index is 2.44. The topological polar surface area (TPSA) is 80.5 Å². The van der Waals surface area contributed by atoms with Crippen LogP contribution in [0.1, 0.15) is 13.3 Å². The van der Waals surface area contributed by atoms with Crippen LogP contribution < -0.4 is 11.3 Å². The van der Waals surface area contributed by atoms with Gasteiger partial charge >= 0.3 is 0 Å². The molecule has 2 aromatic heterocycles. The van der Waals surface area contributed by atoms with Crippen LogP contribution in [0.2, 0.25) is 0 Å². The number of hydrogen-bond acceptors (Lipinski definition) is 4. The lowest BCUT2D eigenvalue weighted by molar-refractivity contribution is 1.10. The van der Waals surface area contributed by atoms with E-state index >= 15 is 0 Å². The fourth-order valence-electron chi connectivity index (χ4n) is 1.45. The predicted molar refractivity (Wildman–Crippen MR) is 63.7 cm³/mol. The lowest BCUT2D eigenvalue weighted by Gasteiger charge is -2.09. The van der Waals surface area contributed by atoms with E-state index in [1.807, 2.05) is 0 Å². The number of imidazole rings is 1. The van der Waals surface area contributed by atoms with E-state index in [1.54, 1.807) is 6.33 Å². The van der Waals surface area contributed by atoms with Gasteiger partial charge in [0.1, 0.15) is 5.52 Å². The predicted octanol–water partition coefficient (Wildman–Crippen LogP) is 1.08. The number of nitrogen functional groups attached to an aromatic ring is 1. The van der Waals surface area contributed by atoms with E-state index in [0.717, 1.165) is 23.7 Å². The van der Waals surface area contributed by atoms with E-state index in [-0.39, 0.29) is 7.92 Å². The minimum Gasteiger partial charge on any atom is -0.382 e. The summed E-state index contributed by atoms with van der Waals surface area (Å²) in [6.45, 7) is 4.33. The maximum absolute atomic E-state index is 5.82. The van der Waals surface area contributed by atoms with Crippen molar-refractivity contribution in [2.24, 2.45) is 0 Å². The number of nitrogens with zero attached hydrogens (tertiary/aromatic N) is 3. The highest BCUT2D eigenvalue weighted by atomic mass is 31.1. The second-order valence-corrected chi connectivity index (χ2v) is 5.67. The summed E-state index contributed by atoms with van der Waals surface area (Å²) >= 11 is 0. The summed E-state index contributed by atoms with van der Waals surface area (Å²) in [5.74, 6) is 0.498. The molecule has 2 aromatic rings. The molecule has 2 heterocycles. The van der Waals surface area contributed by atoms with Crippen LogP contribution in [-0.4, -0.2) is 32.8 Å². The lowest BCUT2D eigenvalue weighted by atomic mass is 10.5. The summed E-state index contributed by atoms with van der Waals surface area (Å²) in [6.07, 6.45) is 3.87. The molecule has 0 aliphatic rings. The molecular weight excluding hydrogens is 209 g/mol. The summed E-state index contributed by atoms with van der Waals surface area (Å²) in [7, 11) is -0.302. The van der Waals surface area contributed by atoms with Gasteiger partial charge in [-0.2, -0.15) is 0 Å². The highest BCUT2D eigenvalue weighted by Gasteiger charge is 2.11. The van der Waals surface area contributed by atoms with Crippen LogP contribution in [0, 0.1) is 0 Å². The SMILES string of the molecule is CCCP(C)c1nc(N)c2[nH]cnc2n1. The van der Waals surface area contributed by atoms with Crippen LogP contribution in [0.5, 0.6) is 0 Å². The first-order chi connectivity index (χ1) is 7.22. The summed E-state index contributed by atoms with van der Waals surface area (Å²) in [5.41, 5.74) is 8.08. The molecule has 0 aromatic carbocycles. The molecule has 0 saturated carbocycles. The summed E-state index contributed by atoms with van der Waals surface area (Å²) in [5, 5.41) is 0. The summed E-state index contributed by atoms with van der Waals surface area (Å²) < 4.78 is 0. The van der Waals surface area contributed by atoms with Gasteiger partial charge in [0.15, 0.2) is 17.0 Å². The van der Waals surface area contributed by atoms with Gasteiger partial charge in [-0.3, -0.25) is 0 Å².